The number of fused-ring (bicyclic) bond motifs is 1. The minimum atomic E-state index is 0.0611. The number of rotatable bonds is 4. The first-order chi connectivity index (χ1) is 12.3. The van der Waals surface area contributed by atoms with Gasteiger partial charge in [0.05, 0.1) is 0 Å². The Bertz CT molecular complexity index is 848. The largest absolute Gasteiger partial charge is 0.371 e. The smallest absolute Gasteiger partial charge is 0.139 e. The highest BCUT2D eigenvalue weighted by Gasteiger charge is 2.35. The van der Waals surface area contributed by atoms with E-state index < -0.39 is 0 Å². The molecule has 4 rings (SSSR count). The van der Waals surface area contributed by atoms with Gasteiger partial charge in [-0.25, -0.2) is 4.98 Å². The maximum absolute atomic E-state index is 6.24. The van der Waals surface area contributed by atoms with Gasteiger partial charge in [0.15, 0.2) is 0 Å². The molecule has 1 aliphatic heterocycles. The number of nitrogens with one attached hydrogen (secondary N) is 1. The van der Waals surface area contributed by atoms with Gasteiger partial charge >= 0.3 is 0 Å². The third-order valence-corrected chi connectivity index (χ3v) is 5.92. The maximum Gasteiger partial charge on any atom is 0.139 e. The lowest BCUT2D eigenvalue weighted by Gasteiger charge is -2.42. The number of hydrogen-bond acceptors (Lipinski definition) is 3. The molecule has 0 bridgehead atoms. The molecule has 0 aliphatic carbocycles. The molecule has 3 N–H and O–H groups in total. The van der Waals surface area contributed by atoms with Gasteiger partial charge in [0.25, 0.3) is 0 Å². The highest BCUT2D eigenvalue weighted by atomic mass is 35.5. The van der Waals surface area contributed by atoms with Crippen LogP contribution in [0.25, 0.3) is 11.0 Å². The van der Waals surface area contributed by atoms with Crippen LogP contribution < -0.4 is 10.6 Å². The van der Waals surface area contributed by atoms with Gasteiger partial charge in [-0.05, 0) is 36.1 Å². The summed E-state index contributed by atoms with van der Waals surface area (Å²) in [6, 6.07) is 12.9. The second-order valence-corrected chi connectivity index (χ2v) is 7.14. The van der Waals surface area contributed by atoms with Crippen molar-refractivity contribution in [2.24, 2.45) is 5.73 Å². The summed E-state index contributed by atoms with van der Waals surface area (Å²) >= 11 is 5.92. The number of alkyl halides is 1. The average molecular weight is 355 g/mol. The molecule has 1 saturated heterocycles. The van der Waals surface area contributed by atoms with E-state index in [1.807, 2.05) is 12.4 Å². The predicted octanol–water partition coefficient (Wildman–Crippen LogP) is 3.80. The van der Waals surface area contributed by atoms with Gasteiger partial charge in [-0.1, -0.05) is 24.3 Å². The van der Waals surface area contributed by atoms with Crippen molar-refractivity contribution in [2.45, 2.75) is 24.1 Å². The Labute approximate surface area is 153 Å². The SMILES string of the molecule is NCC1(c2ccc(CCl)cc2)CCN(c2ccnc3[nH]ccc23)CC1. The van der Waals surface area contributed by atoms with Crippen molar-refractivity contribution < 1.29 is 0 Å². The lowest BCUT2D eigenvalue weighted by Crippen LogP contribution is -2.46. The van der Waals surface area contributed by atoms with E-state index in [1.54, 1.807) is 0 Å². The predicted molar refractivity (Wildman–Crippen MR) is 104 cm³/mol. The van der Waals surface area contributed by atoms with Crippen LogP contribution in [0.4, 0.5) is 5.69 Å². The summed E-state index contributed by atoms with van der Waals surface area (Å²) in [5.74, 6) is 0.554. The van der Waals surface area contributed by atoms with Crippen LogP contribution in [0.3, 0.4) is 0 Å². The topological polar surface area (TPSA) is 57.9 Å². The molecule has 3 heterocycles. The van der Waals surface area contributed by atoms with E-state index in [0.29, 0.717) is 12.4 Å². The Balaban J connectivity index is 1.57. The van der Waals surface area contributed by atoms with Crippen LogP contribution in [-0.4, -0.2) is 29.6 Å². The number of aromatic amines is 1. The zero-order valence-corrected chi connectivity index (χ0v) is 15.0. The van der Waals surface area contributed by atoms with Gasteiger partial charge < -0.3 is 15.6 Å². The molecule has 1 aliphatic rings. The number of aromatic nitrogens is 2. The highest BCUT2D eigenvalue weighted by molar-refractivity contribution is 6.17. The Morgan fingerprint density at radius 1 is 1.12 bits per heavy atom. The van der Waals surface area contributed by atoms with Crippen molar-refractivity contribution in [1.82, 2.24) is 9.97 Å². The summed E-state index contributed by atoms with van der Waals surface area (Å²) in [6.07, 6.45) is 5.94. The highest BCUT2D eigenvalue weighted by Crippen LogP contribution is 2.37. The third kappa shape index (κ3) is 2.90. The Morgan fingerprint density at radius 2 is 1.88 bits per heavy atom. The summed E-state index contributed by atoms with van der Waals surface area (Å²) in [5, 5.41) is 1.19. The molecule has 0 saturated carbocycles. The van der Waals surface area contributed by atoms with Gasteiger partial charge in [-0.15, -0.1) is 11.6 Å². The summed E-state index contributed by atoms with van der Waals surface area (Å²) in [6.45, 7) is 2.68. The number of hydrogen-bond donors (Lipinski definition) is 2. The second-order valence-electron chi connectivity index (χ2n) is 6.87. The minimum Gasteiger partial charge on any atom is -0.371 e. The van der Waals surface area contributed by atoms with Crippen LogP contribution >= 0.6 is 11.6 Å². The fourth-order valence-electron chi connectivity index (χ4n) is 3.96. The van der Waals surface area contributed by atoms with Gasteiger partial charge in [0.1, 0.15) is 5.65 Å². The van der Waals surface area contributed by atoms with Crippen molar-refractivity contribution in [2.75, 3.05) is 24.5 Å². The van der Waals surface area contributed by atoms with E-state index in [2.05, 4.69) is 51.3 Å². The Kier molecular flexibility index (Phi) is 4.40. The zero-order valence-electron chi connectivity index (χ0n) is 14.2. The van der Waals surface area contributed by atoms with Crippen molar-refractivity contribution in [3.8, 4) is 0 Å². The third-order valence-electron chi connectivity index (χ3n) is 5.61. The first kappa shape index (κ1) is 16.4. The van der Waals surface area contributed by atoms with Gasteiger partial charge in [0.2, 0.25) is 0 Å². The molecular formula is C20H23ClN4. The zero-order chi connectivity index (χ0) is 17.3. The number of nitrogens with two attached hydrogens (primary N) is 1. The van der Waals surface area contributed by atoms with Crippen LogP contribution in [0.5, 0.6) is 0 Å². The first-order valence-electron chi connectivity index (χ1n) is 8.78. The molecule has 4 nitrogen and oxygen atoms in total. The molecule has 130 valence electrons. The molecule has 1 aromatic carbocycles. The van der Waals surface area contributed by atoms with E-state index in [1.165, 1.54) is 16.6 Å². The quantitative estimate of drug-likeness (QED) is 0.701. The second kappa shape index (κ2) is 6.70. The van der Waals surface area contributed by atoms with Crippen molar-refractivity contribution >= 4 is 28.3 Å². The molecule has 0 unspecified atom stereocenters. The fourth-order valence-corrected chi connectivity index (χ4v) is 4.13. The van der Waals surface area contributed by atoms with Gasteiger partial charge in [-0.3, -0.25) is 0 Å². The van der Waals surface area contributed by atoms with Crippen molar-refractivity contribution in [3.63, 3.8) is 0 Å². The van der Waals surface area contributed by atoms with Gasteiger partial charge in [-0.2, -0.15) is 0 Å². The van der Waals surface area contributed by atoms with Crippen molar-refractivity contribution in [1.29, 1.82) is 0 Å². The number of halogens is 1. The number of benzene rings is 1. The molecule has 0 atom stereocenters. The van der Waals surface area contributed by atoms with Gasteiger partial charge in [0, 0.05) is 54.4 Å². The summed E-state index contributed by atoms with van der Waals surface area (Å²) < 4.78 is 0. The lowest BCUT2D eigenvalue weighted by atomic mass is 9.72. The van der Waals surface area contributed by atoms with Crippen LogP contribution in [0.2, 0.25) is 0 Å². The number of anilines is 1. The first-order valence-corrected chi connectivity index (χ1v) is 9.32. The molecule has 0 radical (unpaired) electrons. The number of piperidine rings is 1. The summed E-state index contributed by atoms with van der Waals surface area (Å²) in [7, 11) is 0. The molecular weight excluding hydrogens is 332 g/mol. The molecule has 5 heteroatoms. The molecule has 3 aromatic rings. The van der Waals surface area contributed by atoms with E-state index in [9.17, 15) is 0 Å². The molecule has 1 fully saturated rings. The molecule has 0 amide bonds. The normalized spacial score (nSPS) is 17.1. The van der Waals surface area contributed by atoms with E-state index >= 15 is 0 Å². The summed E-state index contributed by atoms with van der Waals surface area (Å²) in [5.41, 5.74) is 11.0. The average Bonchev–Trinajstić information content (AvgIpc) is 3.17. The standard InChI is InChI=1S/C20H23ClN4/c21-13-15-1-3-16(4-2-15)20(14-22)7-11-25(12-8-20)18-6-10-24-19-17(18)5-9-23-19/h1-6,9-10H,7-8,11-14,22H2,(H,23,24). The summed E-state index contributed by atoms with van der Waals surface area (Å²) in [4.78, 5) is 10.0. The van der Waals surface area contributed by atoms with E-state index in [4.69, 9.17) is 17.3 Å². The Morgan fingerprint density at radius 3 is 2.56 bits per heavy atom. The van der Waals surface area contributed by atoms with Crippen LogP contribution in [0.1, 0.15) is 24.0 Å². The maximum atomic E-state index is 6.24. The molecule has 0 spiro atoms. The minimum absolute atomic E-state index is 0.0611. The Hall–Kier alpha value is -2.04. The molecule has 2 aromatic heterocycles. The number of H-pyrrole nitrogens is 1. The monoisotopic (exact) mass is 354 g/mol. The van der Waals surface area contributed by atoms with Crippen LogP contribution in [0.15, 0.2) is 48.8 Å². The van der Waals surface area contributed by atoms with Crippen LogP contribution in [-0.2, 0) is 11.3 Å². The molecule has 25 heavy (non-hydrogen) atoms. The number of nitrogens with zero attached hydrogens (tertiary/aromatic N) is 2. The van der Waals surface area contributed by atoms with Crippen molar-refractivity contribution in [3.05, 3.63) is 59.9 Å². The van der Waals surface area contributed by atoms with E-state index in [-0.39, 0.29) is 5.41 Å². The number of pyridine rings is 1. The lowest BCUT2D eigenvalue weighted by molar-refractivity contribution is 0.340. The van der Waals surface area contributed by atoms with Crippen LogP contribution in [0, 0.1) is 0 Å². The van der Waals surface area contributed by atoms with E-state index in [0.717, 1.165) is 37.1 Å². The fraction of sp³-hybridized carbons (Fsp3) is 0.350.